The van der Waals surface area contributed by atoms with E-state index in [0.29, 0.717) is 0 Å². The molecular formula is C15H20N2O2. The topological polar surface area (TPSA) is 43.8 Å². The number of rotatable bonds is 2. The van der Waals surface area contributed by atoms with Gasteiger partial charge >= 0.3 is 0 Å². The lowest BCUT2D eigenvalue weighted by Crippen LogP contribution is -2.44. The quantitative estimate of drug-likeness (QED) is 0.884. The minimum Gasteiger partial charge on any atom is -0.508 e. The Kier molecular flexibility index (Phi) is 3.42. The highest BCUT2D eigenvalue weighted by Gasteiger charge is 2.36. The molecule has 4 nitrogen and oxygen atoms in total. The summed E-state index contributed by atoms with van der Waals surface area (Å²) in [6.07, 6.45) is 4.63. The van der Waals surface area contributed by atoms with Crippen molar-refractivity contribution in [2.75, 3.05) is 24.5 Å². The van der Waals surface area contributed by atoms with E-state index < -0.39 is 0 Å². The van der Waals surface area contributed by atoms with Gasteiger partial charge in [0, 0.05) is 12.2 Å². The summed E-state index contributed by atoms with van der Waals surface area (Å²) in [6, 6.07) is 6.96. The Morgan fingerprint density at radius 2 is 1.68 bits per heavy atom. The molecule has 2 heterocycles. The number of nitrogens with zero attached hydrogens (tertiary/aromatic N) is 2. The monoisotopic (exact) mass is 260 g/mol. The van der Waals surface area contributed by atoms with Crippen LogP contribution in [0.15, 0.2) is 24.3 Å². The van der Waals surface area contributed by atoms with Gasteiger partial charge < -0.3 is 10.0 Å². The number of phenolic OH excluding ortho intramolecular Hbond substituents is 1. The Morgan fingerprint density at radius 3 is 2.37 bits per heavy atom. The fourth-order valence-corrected chi connectivity index (χ4v) is 3.12. The molecule has 0 radical (unpaired) electrons. The Hall–Kier alpha value is -1.55. The van der Waals surface area contributed by atoms with Crippen molar-refractivity contribution in [2.45, 2.75) is 31.7 Å². The van der Waals surface area contributed by atoms with E-state index in [-0.39, 0.29) is 17.7 Å². The van der Waals surface area contributed by atoms with Crippen LogP contribution in [-0.2, 0) is 4.79 Å². The van der Waals surface area contributed by atoms with Crippen molar-refractivity contribution in [3.63, 3.8) is 0 Å². The van der Waals surface area contributed by atoms with E-state index in [1.807, 2.05) is 17.0 Å². The molecule has 0 saturated carbocycles. The highest BCUT2D eigenvalue weighted by molar-refractivity contribution is 5.99. The average Bonchev–Trinajstić information content (AvgIpc) is 2.83. The predicted octanol–water partition coefficient (Wildman–Crippen LogP) is 1.98. The summed E-state index contributed by atoms with van der Waals surface area (Å²) in [7, 11) is 0. The maximum atomic E-state index is 12.5. The maximum Gasteiger partial charge on any atom is 0.244 e. The first kappa shape index (κ1) is 12.5. The molecule has 0 aliphatic carbocycles. The van der Waals surface area contributed by atoms with Gasteiger partial charge in [0.25, 0.3) is 0 Å². The highest BCUT2D eigenvalue weighted by atomic mass is 16.3. The van der Waals surface area contributed by atoms with E-state index in [0.717, 1.165) is 31.7 Å². The highest BCUT2D eigenvalue weighted by Crippen LogP contribution is 2.27. The molecule has 102 valence electrons. The van der Waals surface area contributed by atoms with E-state index in [2.05, 4.69) is 4.90 Å². The summed E-state index contributed by atoms with van der Waals surface area (Å²) < 4.78 is 0. The van der Waals surface area contributed by atoms with Crippen LogP contribution >= 0.6 is 0 Å². The minimum atomic E-state index is 0.0640. The molecule has 2 aliphatic heterocycles. The number of likely N-dealkylation sites (tertiary alicyclic amines) is 1. The molecule has 2 fully saturated rings. The molecule has 19 heavy (non-hydrogen) atoms. The zero-order valence-corrected chi connectivity index (χ0v) is 11.1. The van der Waals surface area contributed by atoms with Crippen molar-refractivity contribution in [2.24, 2.45) is 0 Å². The van der Waals surface area contributed by atoms with Crippen molar-refractivity contribution in [1.29, 1.82) is 0 Å². The summed E-state index contributed by atoms with van der Waals surface area (Å²) in [5.74, 6) is 0.454. The number of hydrogen-bond donors (Lipinski definition) is 1. The lowest BCUT2D eigenvalue weighted by atomic mass is 10.1. The average molecular weight is 260 g/mol. The van der Waals surface area contributed by atoms with Crippen LogP contribution < -0.4 is 4.90 Å². The number of anilines is 1. The van der Waals surface area contributed by atoms with Crippen LogP contribution in [0.2, 0.25) is 0 Å². The van der Waals surface area contributed by atoms with E-state index in [1.165, 1.54) is 19.3 Å². The largest absolute Gasteiger partial charge is 0.508 e. The molecule has 1 amide bonds. The van der Waals surface area contributed by atoms with Crippen LogP contribution in [0.25, 0.3) is 0 Å². The second kappa shape index (κ2) is 5.21. The van der Waals surface area contributed by atoms with Crippen molar-refractivity contribution in [3.05, 3.63) is 24.3 Å². The predicted molar refractivity (Wildman–Crippen MR) is 74.3 cm³/mol. The van der Waals surface area contributed by atoms with Gasteiger partial charge in [0.05, 0.1) is 6.04 Å². The lowest BCUT2D eigenvalue weighted by Gasteiger charge is -2.31. The van der Waals surface area contributed by atoms with E-state index >= 15 is 0 Å². The van der Waals surface area contributed by atoms with Gasteiger partial charge in [0.2, 0.25) is 5.91 Å². The second-order valence-electron chi connectivity index (χ2n) is 5.41. The molecule has 1 N–H and O–H groups in total. The van der Waals surface area contributed by atoms with Crippen LogP contribution in [0.4, 0.5) is 5.69 Å². The van der Waals surface area contributed by atoms with Gasteiger partial charge in [0.15, 0.2) is 0 Å². The minimum absolute atomic E-state index is 0.0640. The zero-order valence-electron chi connectivity index (χ0n) is 11.1. The van der Waals surface area contributed by atoms with Crippen molar-refractivity contribution >= 4 is 11.6 Å². The Balaban J connectivity index is 1.72. The summed E-state index contributed by atoms with van der Waals surface area (Å²) in [5.41, 5.74) is 0.891. The molecule has 3 rings (SSSR count). The molecule has 0 spiro atoms. The fourth-order valence-electron chi connectivity index (χ4n) is 3.12. The third-order valence-electron chi connectivity index (χ3n) is 4.17. The van der Waals surface area contributed by atoms with Crippen LogP contribution in [0.3, 0.4) is 0 Å². The standard InChI is InChI=1S/C15H20N2O2/c18-13-6-4-12(5-7-13)17-11-8-14(15(17)19)16-9-2-1-3-10-16/h4-7,14,18H,1-3,8-11H2/t14-/m0/s1. The molecule has 2 aliphatic rings. The molecule has 4 heteroatoms. The Labute approximate surface area is 113 Å². The van der Waals surface area contributed by atoms with Gasteiger partial charge in [-0.25, -0.2) is 0 Å². The molecule has 0 unspecified atom stereocenters. The van der Waals surface area contributed by atoms with Crippen LogP contribution in [0.5, 0.6) is 5.75 Å². The SMILES string of the molecule is O=C1[C@@H](N2CCCCC2)CCN1c1ccc(O)cc1. The van der Waals surface area contributed by atoms with Crippen LogP contribution in [0, 0.1) is 0 Å². The van der Waals surface area contributed by atoms with Crippen molar-refractivity contribution in [1.82, 2.24) is 4.90 Å². The number of amides is 1. The first-order valence-corrected chi connectivity index (χ1v) is 7.10. The fraction of sp³-hybridized carbons (Fsp3) is 0.533. The number of hydrogen-bond acceptors (Lipinski definition) is 3. The van der Waals surface area contributed by atoms with Gasteiger partial charge in [-0.15, -0.1) is 0 Å². The van der Waals surface area contributed by atoms with E-state index in [9.17, 15) is 9.90 Å². The Morgan fingerprint density at radius 1 is 1.00 bits per heavy atom. The van der Waals surface area contributed by atoms with E-state index in [4.69, 9.17) is 0 Å². The van der Waals surface area contributed by atoms with E-state index in [1.54, 1.807) is 12.1 Å². The van der Waals surface area contributed by atoms with Crippen LogP contribution in [0.1, 0.15) is 25.7 Å². The molecule has 2 saturated heterocycles. The summed E-state index contributed by atoms with van der Waals surface area (Å²) in [4.78, 5) is 16.7. The molecule has 1 aromatic rings. The number of phenols is 1. The smallest absolute Gasteiger partial charge is 0.244 e. The first-order chi connectivity index (χ1) is 9.25. The number of benzene rings is 1. The molecule has 0 aromatic heterocycles. The normalized spacial score (nSPS) is 24.9. The molecule has 1 aromatic carbocycles. The summed E-state index contributed by atoms with van der Waals surface area (Å²) in [6.45, 7) is 2.89. The lowest BCUT2D eigenvalue weighted by molar-refractivity contribution is -0.122. The summed E-state index contributed by atoms with van der Waals surface area (Å²) in [5, 5.41) is 9.31. The zero-order chi connectivity index (χ0) is 13.2. The Bertz CT molecular complexity index is 452. The van der Waals surface area contributed by atoms with Gasteiger partial charge in [-0.05, 0) is 56.6 Å². The summed E-state index contributed by atoms with van der Waals surface area (Å²) >= 11 is 0. The molecule has 1 atom stereocenters. The van der Waals surface area contributed by atoms with Gasteiger partial charge in [-0.2, -0.15) is 0 Å². The number of aromatic hydroxyl groups is 1. The van der Waals surface area contributed by atoms with Gasteiger partial charge in [-0.1, -0.05) is 6.42 Å². The second-order valence-corrected chi connectivity index (χ2v) is 5.41. The number of piperidine rings is 1. The molecule has 0 bridgehead atoms. The third-order valence-corrected chi connectivity index (χ3v) is 4.17. The van der Waals surface area contributed by atoms with Crippen molar-refractivity contribution in [3.8, 4) is 5.75 Å². The van der Waals surface area contributed by atoms with Crippen LogP contribution in [-0.4, -0.2) is 41.6 Å². The maximum absolute atomic E-state index is 12.5. The number of carbonyl (C=O) groups is 1. The first-order valence-electron chi connectivity index (χ1n) is 7.10. The molecular weight excluding hydrogens is 240 g/mol. The van der Waals surface area contributed by atoms with Gasteiger partial charge in [0.1, 0.15) is 5.75 Å². The third kappa shape index (κ3) is 2.45. The number of carbonyl (C=O) groups excluding carboxylic acids is 1. The van der Waals surface area contributed by atoms with Gasteiger partial charge in [-0.3, -0.25) is 9.69 Å². The van der Waals surface area contributed by atoms with Crippen molar-refractivity contribution < 1.29 is 9.90 Å².